The zero-order valence-electron chi connectivity index (χ0n) is 16.9. The molecule has 0 fully saturated rings. The number of ether oxygens (including phenoxy) is 2. The molecule has 1 atom stereocenters. The van der Waals surface area contributed by atoms with Gasteiger partial charge in [0.05, 0.1) is 35.4 Å². The number of aromatic amines is 2. The summed E-state index contributed by atoms with van der Waals surface area (Å²) in [5.74, 6) is 0.837. The summed E-state index contributed by atoms with van der Waals surface area (Å²) < 4.78 is 10.3. The lowest BCUT2D eigenvalue weighted by Crippen LogP contribution is -2.13. The van der Waals surface area contributed by atoms with Crippen molar-refractivity contribution in [3.8, 4) is 5.75 Å². The predicted molar refractivity (Wildman–Crippen MR) is 118 cm³/mol. The molecule has 4 rings (SSSR count). The molecule has 0 aliphatic rings. The van der Waals surface area contributed by atoms with Gasteiger partial charge in [-0.3, -0.25) is 4.79 Å². The molecule has 0 spiro atoms. The number of nitrogens with zero attached hydrogens (tertiary/aromatic N) is 2. The van der Waals surface area contributed by atoms with Gasteiger partial charge >= 0.3 is 5.97 Å². The Bertz CT molecular complexity index is 1310. The molecule has 0 saturated heterocycles. The average Bonchev–Trinajstić information content (AvgIpc) is 3.27. The monoisotopic (exact) mass is 444 g/mol. The Hall–Kier alpha value is -2.85. The highest BCUT2D eigenvalue weighted by atomic mass is 32.2. The van der Waals surface area contributed by atoms with E-state index < -0.39 is 5.97 Å². The Labute approximate surface area is 180 Å². The summed E-state index contributed by atoms with van der Waals surface area (Å²) in [6, 6.07) is 5.62. The lowest BCUT2D eigenvalue weighted by molar-refractivity contribution is 0.0531. The number of rotatable bonds is 6. The van der Waals surface area contributed by atoms with E-state index in [4.69, 9.17) is 9.47 Å². The van der Waals surface area contributed by atoms with Crippen molar-refractivity contribution >= 4 is 50.3 Å². The van der Waals surface area contributed by atoms with Crippen molar-refractivity contribution in [1.82, 2.24) is 19.9 Å². The summed E-state index contributed by atoms with van der Waals surface area (Å²) in [6.07, 6.45) is 0. The molecule has 10 heteroatoms. The quantitative estimate of drug-likeness (QED) is 0.339. The van der Waals surface area contributed by atoms with Crippen molar-refractivity contribution in [2.24, 2.45) is 0 Å². The number of hydrogen-bond acceptors (Lipinski definition) is 8. The normalized spacial score (nSPS) is 12.4. The van der Waals surface area contributed by atoms with Crippen molar-refractivity contribution in [3.63, 3.8) is 0 Å². The highest BCUT2D eigenvalue weighted by Gasteiger charge is 2.22. The van der Waals surface area contributed by atoms with Crippen LogP contribution in [-0.4, -0.2) is 39.6 Å². The Morgan fingerprint density at radius 3 is 2.83 bits per heavy atom. The molecule has 3 aromatic heterocycles. The number of fused-ring (bicyclic) bond motifs is 2. The summed E-state index contributed by atoms with van der Waals surface area (Å²) in [6.45, 7) is 5.70. The van der Waals surface area contributed by atoms with Crippen LogP contribution in [0.25, 0.3) is 21.3 Å². The molecule has 1 unspecified atom stereocenters. The molecule has 3 heterocycles. The van der Waals surface area contributed by atoms with Gasteiger partial charge in [-0.15, -0.1) is 11.3 Å². The molecule has 4 aromatic rings. The average molecular weight is 445 g/mol. The summed E-state index contributed by atoms with van der Waals surface area (Å²) >= 11 is 2.63. The number of aromatic nitrogens is 4. The van der Waals surface area contributed by atoms with Gasteiger partial charge in [0.2, 0.25) is 0 Å². The summed E-state index contributed by atoms with van der Waals surface area (Å²) in [5, 5.41) is 0.973. The first kappa shape index (κ1) is 20.4. The highest BCUT2D eigenvalue weighted by Crippen LogP contribution is 2.34. The molecule has 0 amide bonds. The van der Waals surface area contributed by atoms with Crippen LogP contribution in [0.2, 0.25) is 0 Å². The molecule has 8 nitrogen and oxygen atoms in total. The number of carbonyl (C=O) groups excluding carboxylic acids is 1. The Kier molecular flexibility index (Phi) is 5.52. The topological polar surface area (TPSA) is 110 Å². The number of hydrogen-bond donors (Lipinski definition) is 2. The van der Waals surface area contributed by atoms with Gasteiger partial charge in [0.15, 0.2) is 5.16 Å². The van der Waals surface area contributed by atoms with Crippen molar-refractivity contribution in [2.45, 2.75) is 31.2 Å². The van der Waals surface area contributed by atoms with Crippen molar-refractivity contribution < 1.29 is 14.3 Å². The van der Waals surface area contributed by atoms with E-state index in [9.17, 15) is 9.59 Å². The van der Waals surface area contributed by atoms with Crippen LogP contribution >= 0.6 is 23.1 Å². The van der Waals surface area contributed by atoms with Gasteiger partial charge in [-0.2, -0.15) is 0 Å². The van der Waals surface area contributed by atoms with E-state index in [1.54, 1.807) is 21.0 Å². The number of thioether (sulfide) groups is 1. The van der Waals surface area contributed by atoms with E-state index in [2.05, 4.69) is 19.9 Å². The standard InChI is InChI=1S/C20H20N4O4S2/c1-5-28-19(26)15-9(2)14-17(25)23-16(24-18(14)30-15)10(3)29-20-21-12-7-6-11(27-4)8-13(12)22-20/h6-8,10H,5H2,1-4H3,(H,21,22)(H,23,24,25). The molecule has 0 bridgehead atoms. The number of carbonyl (C=O) groups is 1. The number of esters is 1. The fraction of sp³-hybridized carbons (Fsp3) is 0.300. The Balaban J connectivity index is 1.65. The van der Waals surface area contributed by atoms with Gasteiger partial charge in [0.1, 0.15) is 21.3 Å². The minimum absolute atomic E-state index is 0.169. The molecule has 1 aromatic carbocycles. The lowest BCUT2D eigenvalue weighted by Gasteiger charge is -2.08. The fourth-order valence-electron chi connectivity index (χ4n) is 3.12. The predicted octanol–water partition coefficient (Wildman–Crippen LogP) is 4.21. The zero-order valence-corrected chi connectivity index (χ0v) is 18.5. The first-order valence-electron chi connectivity index (χ1n) is 9.32. The van der Waals surface area contributed by atoms with Gasteiger partial charge in [0.25, 0.3) is 5.56 Å². The van der Waals surface area contributed by atoms with Crippen LogP contribution in [0, 0.1) is 6.92 Å². The molecular formula is C20H20N4O4S2. The summed E-state index contributed by atoms with van der Waals surface area (Å²) in [5.41, 5.74) is 2.03. The highest BCUT2D eigenvalue weighted by molar-refractivity contribution is 7.99. The number of nitrogens with one attached hydrogen (secondary N) is 2. The number of benzene rings is 1. The van der Waals surface area contributed by atoms with E-state index in [-0.39, 0.29) is 17.4 Å². The van der Waals surface area contributed by atoms with E-state index in [1.165, 1.54) is 23.1 Å². The van der Waals surface area contributed by atoms with E-state index in [0.717, 1.165) is 16.8 Å². The fourth-order valence-corrected chi connectivity index (χ4v) is 5.08. The summed E-state index contributed by atoms with van der Waals surface area (Å²) in [4.78, 5) is 41.1. The minimum atomic E-state index is -0.431. The summed E-state index contributed by atoms with van der Waals surface area (Å²) in [7, 11) is 1.62. The second-order valence-corrected chi connectivity index (χ2v) is 8.92. The smallest absolute Gasteiger partial charge is 0.348 e. The molecule has 30 heavy (non-hydrogen) atoms. The third kappa shape index (κ3) is 3.68. The number of imidazole rings is 1. The Morgan fingerprint density at radius 1 is 1.30 bits per heavy atom. The van der Waals surface area contributed by atoms with Crippen LogP contribution in [-0.2, 0) is 4.74 Å². The van der Waals surface area contributed by atoms with Crippen molar-refractivity contribution in [2.75, 3.05) is 13.7 Å². The molecule has 156 valence electrons. The largest absolute Gasteiger partial charge is 0.497 e. The van der Waals surface area contributed by atoms with Crippen molar-refractivity contribution in [1.29, 1.82) is 0 Å². The van der Waals surface area contributed by atoms with Crippen LogP contribution in [0.4, 0.5) is 0 Å². The first-order chi connectivity index (χ1) is 14.4. The van der Waals surface area contributed by atoms with Gasteiger partial charge in [-0.25, -0.2) is 14.8 Å². The molecule has 0 saturated carbocycles. The molecule has 0 aliphatic heterocycles. The number of aryl methyl sites for hydroxylation is 1. The molecule has 0 aliphatic carbocycles. The number of H-pyrrole nitrogens is 2. The second kappa shape index (κ2) is 8.11. The van der Waals surface area contributed by atoms with Crippen LogP contribution in [0.5, 0.6) is 5.75 Å². The van der Waals surface area contributed by atoms with Gasteiger partial charge in [0, 0.05) is 6.07 Å². The van der Waals surface area contributed by atoms with E-state index in [0.29, 0.717) is 31.6 Å². The van der Waals surface area contributed by atoms with Crippen LogP contribution in [0.3, 0.4) is 0 Å². The minimum Gasteiger partial charge on any atom is -0.497 e. The Morgan fingerprint density at radius 2 is 2.10 bits per heavy atom. The zero-order chi connectivity index (χ0) is 21.4. The van der Waals surface area contributed by atoms with Gasteiger partial charge in [-0.1, -0.05) is 11.8 Å². The van der Waals surface area contributed by atoms with Crippen LogP contribution in [0.1, 0.15) is 40.2 Å². The maximum Gasteiger partial charge on any atom is 0.348 e. The van der Waals surface area contributed by atoms with Gasteiger partial charge < -0.3 is 19.4 Å². The molecular weight excluding hydrogens is 424 g/mol. The third-order valence-electron chi connectivity index (χ3n) is 4.62. The SMILES string of the molecule is CCOC(=O)c1sc2nc(C(C)Sc3nc4ccc(OC)cc4[nH]3)[nH]c(=O)c2c1C. The number of methoxy groups -OCH3 is 1. The lowest BCUT2D eigenvalue weighted by atomic mass is 10.2. The molecule has 2 N–H and O–H groups in total. The first-order valence-corrected chi connectivity index (χ1v) is 11.0. The van der Waals surface area contributed by atoms with Crippen LogP contribution < -0.4 is 10.3 Å². The third-order valence-corrected chi connectivity index (χ3v) is 6.78. The van der Waals surface area contributed by atoms with Crippen LogP contribution in [0.15, 0.2) is 28.2 Å². The van der Waals surface area contributed by atoms with Crippen molar-refractivity contribution in [3.05, 3.63) is 44.8 Å². The maximum atomic E-state index is 12.7. The van der Waals surface area contributed by atoms with E-state index in [1.807, 2.05) is 25.1 Å². The second-order valence-electron chi connectivity index (χ2n) is 6.59. The molecule has 0 radical (unpaired) electrons. The number of thiophene rings is 1. The van der Waals surface area contributed by atoms with E-state index >= 15 is 0 Å². The maximum absolute atomic E-state index is 12.7. The van der Waals surface area contributed by atoms with Gasteiger partial charge in [-0.05, 0) is 38.5 Å².